The van der Waals surface area contributed by atoms with Crippen LogP contribution in [0.3, 0.4) is 0 Å². The van der Waals surface area contributed by atoms with Gasteiger partial charge in [0.05, 0.1) is 0 Å². The van der Waals surface area contributed by atoms with Crippen molar-refractivity contribution < 1.29 is 9.18 Å². The van der Waals surface area contributed by atoms with Crippen LogP contribution in [-0.4, -0.2) is 47.0 Å². The largest absolute Gasteiger partial charge is 0.353 e. The van der Waals surface area contributed by atoms with Gasteiger partial charge in [-0.05, 0) is 36.8 Å². The number of anilines is 1. The normalized spacial score (nSPS) is 15.9. The summed E-state index contributed by atoms with van der Waals surface area (Å²) in [5.41, 5.74) is 1.75. The monoisotopic (exact) mass is 412 g/mol. The first-order valence-corrected chi connectivity index (χ1v) is 10.7. The Morgan fingerprint density at radius 2 is 1.83 bits per heavy atom. The van der Waals surface area contributed by atoms with Crippen molar-refractivity contribution in [1.29, 1.82) is 0 Å². The van der Waals surface area contributed by atoms with E-state index in [1.165, 1.54) is 12.1 Å². The van der Waals surface area contributed by atoms with Gasteiger partial charge in [0, 0.05) is 49.9 Å². The maximum atomic E-state index is 13.6. The number of halogens is 1. The van der Waals surface area contributed by atoms with Gasteiger partial charge in [0.15, 0.2) is 5.82 Å². The molecular formula is C24H33FN4O. The van der Waals surface area contributed by atoms with Gasteiger partial charge >= 0.3 is 0 Å². The quantitative estimate of drug-likeness (QED) is 0.714. The molecule has 6 heteroatoms. The third-order valence-electron chi connectivity index (χ3n) is 5.36. The number of rotatable bonds is 5. The number of benzene rings is 1. The summed E-state index contributed by atoms with van der Waals surface area (Å²) in [7, 11) is 0. The van der Waals surface area contributed by atoms with Crippen LogP contribution >= 0.6 is 0 Å². The minimum Gasteiger partial charge on any atom is -0.353 e. The Morgan fingerprint density at radius 3 is 2.47 bits per heavy atom. The average molecular weight is 413 g/mol. The first-order chi connectivity index (χ1) is 14.1. The van der Waals surface area contributed by atoms with E-state index in [2.05, 4.69) is 42.6 Å². The molecule has 1 aliphatic rings. The second kappa shape index (κ2) is 9.11. The third-order valence-corrected chi connectivity index (χ3v) is 5.36. The zero-order chi connectivity index (χ0) is 21.9. The van der Waals surface area contributed by atoms with Crippen LogP contribution in [0.4, 0.5) is 10.2 Å². The van der Waals surface area contributed by atoms with E-state index < -0.39 is 0 Å². The zero-order valence-electron chi connectivity index (χ0n) is 18.8. The SMILES string of the molecule is Cc1cc(N2CCN(C(=O)CC(C)CC(C)(C)C)CC2)nc(-c2cccc(F)c2)n1. The Balaban J connectivity index is 1.63. The minimum atomic E-state index is -0.299. The van der Waals surface area contributed by atoms with Crippen LogP contribution in [0.15, 0.2) is 30.3 Å². The van der Waals surface area contributed by atoms with Gasteiger partial charge in [-0.25, -0.2) is 14.4 Å². The van der Waals surface area contributed by atoms with Gasteiger partial charge in [0.25, 0.3) is 0 Å². The van der Waals surface area contributed by atoms with Gasteiger partial charge in [-0.1, -0.05) is 39.8 Å². The van der Waals surface area contributed by atoms with Crippen molar-refractivity contribution in [3.8, 4) is 11.4 Å². The molecule has 1 aliphatic heterocycles. The summed E-state index contributed by atoms with van der Waals surface area (Å²) in [6.45, 7) is 13.6. The van der Waals surface area contributed by atoms with Crippen LogP contribution < -0.4 is 4.90 Å². The highest BCUT2D eigenvalue weighted by atomic mass is 19.1. The highest BCUT2D eigenvalue weighted by molar-refractivity contribution is 5.76. The van der Waals surface area contributed by atoms with E-state index in [0.717, 1.165) is 31.0 Å². The van der Waals surface area contributed by atoms with E-state index in [9.17, 15) is 9.18 Å². The number of nitrogens with zero attached hydrogens (tertiary/aromatic N) is 4. The Labute approximate surface area is 179 Å². The fourth-order valence-corrected chi connectivity index (χ4v) is 4.20. The molecule has 0 radical (unpaired) electrons. The third kappa shape index (κ3) is 6.00. The van der Waals surface area contributed by atoms with E-state index in [1.54, 1.807) is 6.07 Å². The molecule has 1 saturated heterocycles. The van der Waals surface area contributed by atoms with Gasteiger partial charge in [0.1, 0.15) is 11.6 Å². The van der Waals surface area contributed by atoms with Crippen molar-refractivity contribution >= 4 is 11.7 Å². The zero-order valence-corrected chi connectivity index (χ0v) is 18.8. The molecule has 5 nitrogen and oxygen atoms in total. The predicted octanol–water partition coefficient (Wildman–Crippen LogP) is 4.70. The molecule has 0 N–H and O–H groups in total. The fraction of sp³-hybridized carbons (Fsp3) is 0.542. The van der Waals surface area contributed by atoms with Crippen molar-refractivity contribution in [3.63, 3.8) is 0 Å². The van der Waals surface area contributed by atoms with Crippen molar-refractivity contribution in [2.75, 3.05) is 31.1 Å². The lowest BCUT2D eigenvalue weighted by Crippen LogP contribution is -2.49. The molecule has 0 spiro atoms. The van der Waals surface area contributed by atoms with Crippen LogP contribution in [0.5, 0.6) is 0 Å². The highest BCUT2D eigenvalue weighted by Crippen LogP contribution is 2.27. The molecule has 1 amide bonds. The van der Waals surface area contributed by atoms with Crippen molar-refractivity contribution in [3.05, 3.63) is 41.8 Å². The maximum absolute atomic E-state index is 13.6. The first-order valence-electron chi connectivity index (χ1n) is 10.7. The number of aryl methyl sites for hydroxylation is 1. The molecule has 3 rings (SSSR count). The first kappa shape index (κ1) is 22.2. The highest BCUT2D eigenvalue weighted by Gasteiger charge is 2.25. The summed E-state index contributed by atoms with van der Waals surface area (Å²) in [5, 5.41) is 0. The Morgan fingerprint density at radius 1 is 1.13 bits per heavy atom. The molecule has 1 atom stereocenters. The molecule has 162 valence electrons. The van der Waals surface area contributed by atoms with Crippen molar-refractivity contribution in [2.24, 2.45) is 11.3 Å². The van der Waals surface area contributed by atoms with E-state index in [1.807, 2.05) is 24.0 Å². The molecule has 2 heterocycles. The summed E-state index contributed by atoms with van der Waals surface area (Å²) in [6, 6.07) is 8.30. The van der Waals surface area contributed by atoms with E-state index >= 15 is 0 Å². The lowest BCUT2D eigenvalue weighted by atomic mass is 9.84. The topological polar surface area (TPSA) is 49.3 Å². The molecule has 0 bridgehead atoms. The van der Waals surface area contributed by atoms with Gasteiger partial charge < -0.3 is 9.80 Å². The molecule has 1 unspecified atom stereocenters. The second-order valence-corrected chi connectivity index (χ2v) is 9.64. The molecule has 1 fully saturated rings. The smallest absolute Gasteiger partial charge is 0.222 e. The number of amides is 1. The standard InChI is InChI=1S/C24H33FN4O/c1-17(16-24(3,4)5)13-22(30)29-11-9-28(10-12-29)21-14-18(2)26-23(27-21)19-7-6-8-20(25)15-19/h6-8,14-15,17H,9-13,16H2,1-5H3. The Kier molecular flexibility index (Phi) is 6.74. The van der Waals surface area contributed by atoms with E-state index in [0.29, 0.717) is 36.8 Å². The minimum absolute atomic E-state index is 0.239. The Bertz CT molecular complexity index is 885. The van der Waals surface area contributed by atoms with Crippen LogP contribution in [0, 0.1) is 24.1 Å². The molecule has 1 aromatic carbocycles. The number of piperazine rings is 1. The second-order valence-electron chi connectivity index (χ2n) is 9.64. The van der Waals surface area contributed by atoms with Crippen LogP contribution in [0.25, 0.3) is 11.4 Å². The summed E-state index contributed by atoms with van der Waals surface area (Å²) in [5.74, 6) is 1.68. The van der Waals surface area contributed by atoms with Crippen LogP contribution in [0.1, 0.15) is 46.2 Å². The number of hydrogen-bond donors (Lipinski definition) is 0. The van der Waals surface area contributed by atoms with Crippen LogP contribution in [-0.2, 0) is 4.79 Å². The van der Waals surface area contributed by atoms with Crippen LogP contribution in [0.2, 0.25) is 0 Å². The molecule has 1 aromatic heterocycles. The molecular weight excluding hydrogens is 379 g/mol. The molecule has 0 saturated carbocycles. The van der Waals surface area contributed by atoms with Crippen molar-refractivity contribution in [2.45, 2.75) is 47.5 Å². The summed E-state index contributed by atoms with van der Waals surface area (Å²) in [4.78, 5) is 26.0. The number of aromatic nitrogens is 2. The Hall–Kier alpha value is -2.50. The van der Waals surface area contributed by atoms with Gasteiger partial charge in [-0.3, -0.25) is 4.79 Å². The van der Waals surface area contributed by atoms with Crippen molar-refractivity contribution in [1.82, 2.24) is 14.9 Å². The maximum Gasteiger partial charge on any atom is 0.222 e. The fourth-order valence-electron chi connectivity index (χ4n) is 4.20. The van der Waals surface area contributed by atoms with Gasteiger partial charge in [-0.15, -0.1) is 0 Å². The lowest BCUT2D eigenvalue weighted by molar-refractivity contribution is -0.132. The summed E-state index contributed by atoms with van der Waals surface area (Å²) >= 11 is 0. The lowest BCUT2D eigenvalue weighted by Gasteiger charge is -2.36. The number of carbonyl (C=O) groups excluding carboxylic acids is 1. The summed E-state index contributed by atoms with van der Waals surface area (Å²) < 4.78 is 13.6. The number of hydrogen-bond acceptors (Lipinski definition) is 4. The average Bonchev–Trinajstić information content (AvgIpc) is 2.66. The molecule has 2 aromatic rings. The van der Waals surface area contributed by atoms with Gasteiger partial charge in [-0.2, -0.15) is 0 Å². The summed E-state index contributed by atoms with van der Waals surface area (Å²) in [6.07, 6.45) is 1.65. The van der Waals surface area contributed by atoms with Gasteiger partial charge in [0.2, 0.25) is 5.91 Å². The number of carbonyl (C=O) groups is 1. The van der Waals surface area contributed by atoms with E-state index in [4.69, 9.17) is 0 Å². The van der Waals surface area contributed by atoms with E-state index in [-0.39, 0.29) is 17.1 Å². The predicted molar refractivity (Wildman–Crippen MR) is 119 cm³/mol. The molecule has 30 heavy (non-hydrogen) atoms. The molecule has 0 aliphatic carbocycles.